The lowest BCUT2D eigenvalue weighted by Crippen LogP contribution is -2.57. The molecule has 24 heteroatoms. The number of rotatable bonds is 22. The molecule has 0 saturated carbocycles. The van der Waals surface area contributed by atoms with E-state index in [4.69, 9.17) is 23.9 Å². The third-order valence-corrected chi connectivity index (χ3v) is 16.4. The number of aryl methyl sites for hydroxylation is 3. The van der Waals surface area contributed by atoms with Crippen LogP contribution in [0.1, 0.15) is 117 Å². The van der Waals surface area contributed by atoms with Crippen LogP contribution in [0.4, 0.5) is 24.5 Å². The number of anilines is 2. The molecule has 3 aliphatic rings. The van der Waals surface area contributed by atoms with Gasteiger partial charge in [-0.2, -0.15) is 13.2 Å². The van der Waals surface area contributed by atoms with Gasteiger partial charge in [0.25, 0.3) is 5.91 Å². The van der Waals surface area contributed by atoms with E-state index in [2.05, 4.69) is 41.1 Å². The van der Waals surface area contributed by atoms with Crippen LogP contribution in [-0.4, -0.2) is 140 Å². The largest absolute Gasteiger partial charge is 0.473 e. The van der Waals surface area contributed by atoms with E-state index in [1.807, 2.05) is 83.6 Å². The summed E-state index contributed by atoms with van der Waals surface area (Å²) >= 11 is 1.57. The Hall–Kier alpha value is -7.38. The van der Waals surface area contributed by atoms with E-state index < -0.39 is 47.2 Å². The first kappa shape index (κ1) is 62.2. The second-order valence-corrected chi connectivity index (χ2v) is 23.8. The molecule has 454 valence electrons. The molecule has 0 aliphatic carbocycles. The fourth-order valence-electron chi connectivity index (χ4n) is 10.7. The highest BCUT2D eigenvalue weighted by Crippen LogP contribution is 2.37. The Balaban J connectivity index is 0.710. The Morgan fingerprint density at radius 1 is 0.894 bits per heavy atom. The Morgan fingerprint density at radius 3 is 2.42 bits per heavy atom. The molecular weight excluding hydrogens is 1120 g/mol. The zero-order valence-electron chi connectivity index (χ0n) is 48.7. The second-order valence-electron chi connectivity index (χ2n) is 23.0. The van der Waals surface area contributed by atoms with Gasteiger partial charge in [-0.15, -0.1) is 16.4 Å². The molecule has 3 saturated heterocycles. The third kappa shape index (κ3) is 16.3. The molecular formula is C61H74F3N11O9S. The van der Waals surface area contributed by atoms with Gasteiger partial charge in [0.2, 0.25) is 23.6 Å². The highest BCUT2D eigenvalue weighted by Gasteiger charge is 2.45. The van der Waals surface area contributed by atoms with Crippen molar-refractivity contribution in [2.75, 3.05) is 56.3 Å². The number of amides is 4. The number of carbonyl (C=O) groups excluding carboxylic acids is 4. The number of morpholine rings is 1. The van der Waals surface area contributed by atoms with E-state index >= 15 is 0 Å². The Kier molecular flexibility index (Phi) is 20.3. The number of alkyl halides is 3. The molecule has 6 aromatic rings. The topological polar surface area (TPSA) is 237 Å². The minimum Gasteiger partial charge on any atom is -0.473 e. The molecule has 0 unspecified atom stereocenters. The number of nitrogens with zero attached hydrogens (tertiary/aromatic N) is 8. The minimum absolute atomic E-state index is 0.0133. The summed E-state index contributed by atoms with van der Waals surface area (Å²) in [5.41, 5.74) is 6.72. The molecule has 0 bridgehead atoms. The summed E-state index contributed by atoms with van der Waals surface area (Å²) in [6, 6.07) is 13.7. The number of hydrogen-bond donors (Lipinski definition) is 4. The monoisotopic (exact) mass is 1190 g/mol. The maximum Gasteiger partial charge on any atom is 0.416 e. The van der Waals surface area contributed by atoms with Crippen molar-refractivity contribution in [2.24, 2.45) is 5.41 Å². The van der Waals surface area contributed by atoms with Crippen molar-refractivity contribution in [3.8, 4) is 27.4 Å². The Morgan fingerprint density at radius 2 is 1.68 bits per heavy atom. The molecule has 4 aromatic heterocycles. The van der Waals surface area contributed by atoms with Gasteiger partial charge in [-0.1, -0.05) is 62.7 Å². The lowest BCUT2D eigenvalue weighted by molar-refractivity contribution is -0.144. The average molecular weight is 1190 g/mol. The first-order chi connectivity index (χ1) is 40.7. The van der Waals surface area contributed by atoms with Gasteiger partial charge in [0.05, 0.1) is 91.0 Å². The maximum absolute atomic E-state index is 14.2. The zero-order chi connectivity index (χ0) is 60.4. The van der Waals surface area contributed by atoms with Crippen molar-refractivity contribution in [1.29, 1.82) is 0 Å². The molecule has 3 fully saturated rings. The van der Waals surface area contributed by atoms with E-state index in [1.54, 1.807) is 28.3 Å². The van der Waals surface area contributed by atoms with Crippen molar-refractivity contribution in [1.82, 2.24) is 45.5 Å². The molecule has 85 heavy (non-hydrogen) atoms. The summed E-state index contributed by atoms with van der Waals surface area (Å²) in [4.78, 5) is 72.7. The van der Waals surface area contributed by atoms with E-state index in [0.717, 1.165) is 52.4 Å². The van der Waals surface area contributed by atoms with Crippen LogP contribution >= 0.6 is 11.3 Å². The number of carbonyl (C=O) groups is 4. The molecule has 2 aromatic carbocycles. The SMILES string of the molecule is Cc1ncc(NC(=O)c2cccc(C(F)(F)F)c2)cc1-c1cnc(O[C@@H]2CCO[C@@H](COCc3cn(CCCCCC(=O)N[C@@H](C(=O)N4C[C@H](O)C[C@H]4C(=O)N[C@@H](C)c4ccc(-c5scnc5C)cc4)C(C)(C)C)nn3)C2)c(N2CCOCC2)c1. The van der Waals surface area contributed by atoms with Crippen LogP contribution in [0.25, 0.3) is 21.6 Å². The number of ether oxygens (including phenoxy) is 4. The van der Waals surface area contributed by atoms with Gasteiger partial charge in [0, 0.05) is 80.4 Å². The number of pyridine rings is 2. The molecule has 4 amide bonds. The first-order valence-corrected chi connectivity index (χ1v) is 29.7. The number of nitrogens with one attached hydrogen (secondary N) is 3. The number of unbranched alkanes of at least 4 members (excludes halogenated alkanes) is 2. The number of β-amino-alcohol motifs (C(OH)–C–C–N with tert-alkyl or cyclic N) is 1. The molecule has 0 radical (unpaired) electrons. The summed E-state index contributed by atoms with van der Waals surface area (Å²) < 4.78 is 66.3. The predicted octanol–water partition coefficient (Wildman–Crippen LogP) is 8.66. The van der Waals surface area contributed by atoms with Crippen LogP contribution in [-0.2, 0) is 47.9 Å². The minimum atomic E-state index is -4.59. The van der Waals surface area contributed by atoms with E-state index in [1.165, 1.54) is 23.2 Å². The van der Waals surface area contributed by atoms with Crippen molar-refractivity contribution < 1.29 is 56.4 Å². The molecule has 4 N–H and O–H groups in total. The van der Waals surface area contributed by atoms with Gasteiger partial charge >= 0.3 is 6.18 Å². The smallest absolute Gasteiger partial charge is 0.416 e. The Labute approximate surface area is 496 Å². The molecule has 3 aliphatic heterocycles. The summed E-state index contributed by atoms with van der Waals surface area (Å²) in [7, 11) is 0. The van der Waals surface area contributed by atoms with Crippen LogP contribution in [0, 0.1) is 19.3 Å². The summed E-state index contributed by atoms with van der Waals surface area (Å²) in [6.07, 6.45) is 2.52. The van der Waals surface area contributed by atoms with Gasteiger partial charge in [-0.25, -0.2) is 9.97 Å². The summed E-state index contributed by atoms with van der Waals surface area (Å²) in [6.45, 7) is 15.0. The standard InChI is InChI=1S/C61H74F3N11O9S/c1-37(40-14-16-41(17-15-40)54-39(3)67-36-85-54)68-57(79)51-28-47(76)33-75(51)59(80)55(60(4,5)6)70-53(77)13-8-7-9-19-74-32-46(71-72-74)34-82-35-49-29-48(18-22-83-49)84-58-52(73-20-23-81-24-21-73)26-43(30-66-58)50-27-45(31-65-38(50)2)69-56(78)42-11-10-12-44(25-42)61(62,63)64/h10-12,14-17,25-27,30-32,36-37,47-49,51,55,76H,7-9,13,18-24,28-29,33-35H2,1-6H3,(H,68,79)(H,69,78)(H,70,77)/t37-,47+,48+,49+,51-,55-/m0/s1. The third-order valence-electron chi connectivity index (χ3n) is 15.4. The molecule has 6 atom stereocenters. The highest BCUT2D eigenvalue weighted by atomic mass is 32.1. The number of halogens is 3. The van der Waals surface area contributed by atoms with Crippen LogP contribution in [0.3, 0.4) is 0 Å². The lowest BCUT2D eigenvalue weighted by Gasteiger charge is -2.35. The number of aromatic nitrogens is 6. The second kappa shape index (κ2) is 27.8. The lowest BCUT2D eigenvalue weighted by atomic mass is 9.85. The predicted molar refractivity (Wildman–Crippen MR) is 313 cm³/mol. The number of benzene rings is 2. The van der Waals surface area contributed by atoms with Gasteiger partial charge in [0.15, 0.2) is 0 Å². The van der Waals surface area contributed by atoms with Gasteiger partial charge < -0.3 is 49.8 Å². The van der Waals surface area contributed by atoms with Crippen LogP contribution < -0.4 is 25.6 Å². The zero-order valence-corrected chi connectivity index (χ0v) is 49.5. The fourth-order valence-corrected chi connectivity index (χ4v) is 11.5. The normalized spacial score (nSPS) is 19.1. The molecule has 20 nitrogen and oxygen atoms in total. The number of aliphatic hydroxyl groups is 1. The molecule has 0 spiro atoms. The van der Waals surface area contributed by atoms with Crippen LogP contribution in [0.5, 0.6) is 5.88 Å². The van der Waals surface area contributed by atoms with Crippen molar-refractivity contribution in [3.63, 3.8) is 0 Å². The molecule has 7 heterocycles. The highest BCUT2D eigenvalue weighted by molar-refractivity contribution is 7.13. The fraction of sp³-hybridized carbons (Fsp3) is 0.492. The quantitative estimate of drug-likeness (QED) is 0.0465. The number of aliphatic hydroxyl groups excluding tert-OH is 1. The van der Waals surface area contributed by atoms with Crippen LogP contribution in [0.2, 0.25) is 0 Å². The number of thiazole rings is 1. The average Bonchev–Trinajstić information content (AvgIpc) is 4.23. The number of likely N-dealkylation sites (tertiary alicyclic amines) is 1. The van der Waals surface area contributed by atoms with Crippen molar-refractivity contribution >= 4 is 46.3 Å². The van der Waals surface area contributed by atoms with Crippen molar-refractivity contribution in [3.05, 3.63) is 119 Å². The summed E-state index contributed by atoms with van der Waals surface area (Å²) in [5.74, 6) is -1.31. The van der Waals surface area contributed by atoms with Gasteiger partial charge in [-0.05, 0) is 80.5 Å². The first-order valence-electron chi connectivity index (χ1n) is 28.8. The Bertz CT molecular complexity index is 3280. The van der Waals surface area contributed by atoms with E-state index in [0.29, 0.717) is 99.4 Å². The number of hydrogen-bond acceptors (Lipinski definition) is 16. The molecule has 9 rings (SSSR count). The summed E-state index contributed by atoms with van der Waals surface area (Å²) in [5, 5.41) is 28.0. The van der Waals surface area contributed by atoms with Gasteiger partial charge in [-0.3, -0.25) is 28.8 Å². The van der Waals surface area contributed by atoms with Crippen LogP contribution in [0.15, 0.2) is 84.8 Å². The van der Waals surface area contributed by atoms with Gasteiger partial charge in [0.1, 0.15) is 29.6 Å². The van der Waals surface area contributed by atoms with E-state index in [9.17, 15) is 37.5 Å². The van der Waals surface area contributed by atoms with E-state index in [-0.39, 0.29) is 61.6 Å². The maximum atomic E-state index is 14.2. The van der Waals surface area contributed by atoms with Crippen molar-refractivity contribution in [2.45, 2.75) is 142 Å².